The quantitative estimate of drug-likeness (QED) is 0.589. The lowest BCUT2D eigenvalue weighted by Crippen LogP contribution is -2.36. The van der Waals surface area contributed by atoms with E-state index in [-0.39, 0.29) is 0 Å². The van der Waals surface area contributed by atoms with Gasteiger partial charge in [0.1, 0.15) is 0 Å². The van der Waals surface area contributed by atoms with Crippen molar-refractivity contribution in [2.24, 2.45) is 5.73 Å². The van der Waals surface area contributed by atoms with Gasteiger partial charge < -0.3 is 15.4 Å². The molecule has 0 radical (unpaired) electrons. The van der Waals surface area contributed by atoms with Crippen LogP contribution in [-0.2, 0) is 4.74 Å². The summed E-state index contributed by atoms with van der Waals surface area (Å²) < 4.78 is 4.99. The summed E-state index contributed by atoms with van der Waals surface area (Å²) in [6, 6.07) is 0.466. The fraction of sp³-hybridized carbons (Fsp3) is 1.00. The summed E-state index contributed by atoms with van der Waals surface area (Å²) in [4.78, 5) is 2.18. The molecule has 0 fully saturated rings. The Labute approximate surface area is 63.1 Å². The van der Waals surface area contributed by atoms with Gasteiger partial charge in [-0.05, 0) is 14.0 Å². The maximum absolute atomic E-state index is 5.38. The van der Waals surface area contributed by atoms with Crippen molar-refractivity contribution in [1.29, 1.82) is 0 Å². The van der Waals surface area contributed by atoms with Gasteiger partial charge in [0.05, 0.1) is 6.61 Å². The standard InChI is InChI=1S/C7H18N2O/c1-7(6-10-3)9(2)5-4-8/h7H,4-6,8H2,1-3H3. The van der Waals surface area contributed by atoms with Crippen molar-refractivity contribution in [3.05, 3.63) is 0 Å². The van der Waals surface area contributed by atoms with Crippen molar-refractivity contribution in [3.8, 4) is 0 Å². The molecular weight excluding hydrogens is 128 g/mol. The molecule has 0 spiro atoms. The Balaban J connectivity index is 3.38. The molecule has 0 aromatic rings. The van der Waals surface area contributed by atoms with Crippen molar-refractivity contribution < 1.29 is 4.74 Å². The number of hydrogen-bond donors (Lipinski definition) is 1. The first kappa shape index (κ1) is 9.88. The van der Waals surface area contributed by atoms with Crippen LogP contribution in [0.25, 0.3) is 0 Å². The molecule has 0 saturated carbocycles. The molecule has 2 N–H and O–H groups in total. The van der Waals surface area contributed by atoms with E-state index in [0.717, 1.165) is 13.2 Å². The summed E-state index contributed by atoms with van der Waals surface area (Å²) in [5, 5.41) is 0. The normalized spacial score (nSPS) is 14.1. The monoisotopic (exact) mass is 146 g/mol. The van der Waals surface area contributed by atoms with Crippen LogP contribution >= 0.6 is 0 Å². The molecular formula is C7H18N2O. The van der Waals surface area contributed by atoms with Gasteiger partial charge in [-0.3, -0.25) is 0 Å². The molecule has 10 heavy (non-hydrogen) atoms. The van der Waals surface area contributed by atoms with E-state index in [2.05, 4.69) is 18.9 Å². The van der Waals surface area contributed by atoms with Crippen LogP contribution in [0, 0.1) is 0 Å². The molecule has 1 atom stereocenters. The Morgan fingerprint density at radius 2 is 2.20 bits per heavy atom. The van der Waals surface area contributed by atoms with Crippen LogP contribution in [0.3, 0.4) is 0 Å². The summed E-state index contributed by atoms with van der Waals surface area (Å²) in [5.41, 5.74) is 5.38. The second-order valence-corrected chi connectivity index (χ2v) is 2.57. The van der Waals surface area contributed by atoms with Gasteiger partial charge in [-0.2, -0.15) is 0 Å². The van der Waals surface area contributed by atoms with Gasteiger partial charge in [0.2, 0.25) is 0 Å². The van der Waals surface area contributed by atoms with Crippen molar-refractivity contribution in [3.63, 3.8) is 0 Å². The van der Waals surface area contributed by atoms with Crippen molar-refractivity contribution in [1.82, 2.24) is 4.90 Å². The van der Waals surface area contributed by atoms with E-state index in [4.69, 9.17) is 10.5 Å². The number of hydrogen-bond acceptors (Lipinski definition) is 3. The smallest absolute Gasteiger partial charge is 0.0615 e. The summed E-state index contributed by atoms with van der Waals surface area (Å²) in [7, 11) is 3.77. The maximum Gasteiger partial charge on any atom is 0.0615 e. The Kier molecular flexibility index (Phi) is 5.58. The third kappa shape index (κ3) is 3.82. The van der Waals surface area contributed by atoms with E-state index in [0.29, 0.717) is 12.6 Å². The zero-order valence-corrected chi connectivity index (χ0v) is 7.13. The first-order valence-electron chi connectivity index (χ1n) is 3.61. The van der Waals surface area contributed by atoms with Crippen molar-refractivity contribution in [2.75, 3.05) is 33.9 Å². The SMILES string of the molecule is COCC(C)N(C)CCN. The van der Waals surface area contributed by atoms with E-state index in [9.17, 15) is 0 Å². The second kappa shape index (κ2) is 5.65. The van der Waals surface area contributed by atoms with Gasteiger partial charge in [-0.1, -0.05) is 0 Å². The third-order valence-electron chi connectivity index (χ3n) is 1.64. The largest absolute Gasteiger partial charge is 0.383 e. The fourth-order valence-corrected chi connectivity index (χ4v) is 0.792. The predicted molar refractivity (Wildman–Crippen MR) is 43.0 cm³/mol. The van der Waals surface area contributed by atoms with Crippen molar-refractivity contribution in [2.45, 2.75) is 13.0 Å². The van der Waals surface area contributed by atoms with Crippen LogP contribution in [0.1, 0.15) is 6.92 Å². The average Bonchev–Trinajstić information content (AvgIpc) is 1.89. The number of likely N-dealkylation sites (N-methyl/N-ethyl adjacent to an activating group) is 1. The van der Waals surface area contributed by atoms with E-state index in [1.165, 1.54) is 0 Å². The summed E-state index contributed by atoms with van der Waals surface area (Å²) in [5.74, 6) is 0. The predicted octanol–water partition coefficient (Wildman–Crippen LogP) is -0.0882. The van der Waals surface area contributed by atoms with Crippen LogP contribution in [0.15, 0.2) is 0 Å². The Hall–Kier alpha value is -0.120. The highest BCUT2D eigenvalue weighted by atomic mass is 16.5. The molecule has 0 aliphatic rings. The number of rotatable bonds is 5. The van der Waals surface area contributed by atoms with Crippen LogP contribution in [-0.4, -0.2) is 44.8 Å². The fourth-order valence-electron chi connectivity index (χ4n) is 0.792. The Morgan fingerprint density at radius 1 is 1.60 bits per heavy atom. The highest BCUT2D eigenvalue weighted by Gasteiger charge is 2.05. The van der Waals surface area contributed by atoms with E-state index in [1.54, 1.807) is 7.11 Å². The molecule has 0 amide bonds. The number of nitrogens with zero attached hydrogens (tertiary/aromatic N) is 1. The summed E-state index contributed by atoms with van der Waals surface area (Å²) >= 11 is 0. The van der Waals surface area contributed by atoms with Crippen molar-refractivity contribution >= 4 is 0 Å². The van der Waals surface area contributed by atoms with Crippen LogP contribution < -0.4 is 5.73 Å². The Bertz CT molecular complexity index is 68.0. The molecule has 3 nitrogen and oxygen atoms in total. The van der Waals surface area contributed by atoms with Crippen LogP contribution in [0.2, 0.25) is 0 Å². The minimum absolute atomic E-state index is 0.466. The Morgan fingerprint density at radius 3 is 2.60 bits per heavy atom. The number of nitrogens with two attached hydrogens (primary N) is 1. The minimum Gasteiger partial charge on any atom is -0.383 e. The van der Waals surface area contributed by atoms with Crippen LogP contribution in [0.5, 0.6) is 0 Å². The summed E-state index contributed by atoms with van der Waals surface area (Å²) in [6.45, 7) is 4.55. The zero-order valence-electron chi connectivity index (χ0n) is 7.13. The molecule has 0 aliphatic heterocycles. The molecule has 62 valence electrons. The molecule has 1 unspecified atom stereocenters. The molecule has 0 heterocycles. The second-order valence-electron chi connectivity index (χ2n) is 2.57. The zero-order chi connectivity index (χ0) is 7.98. The molecule has 0 aromatic carbocycles. The highest BCUT2D eigenvalue weighted by Crippen LogP contribution is 1.93. The van der Waals surface area contributed by atoms with E-state index < -0.39 is 0 Å². The molecule has 0 rings (SSSR count). The molecule has 0 saturated heterocycles. The first-order chi connectivity index (χ1) is 4.72. The lowest BCUT2D eigenvalue weighted by molar-refractivity contribution is 0.117. The molecule has 0 aromatic heterocycles. The minimum atomic E-state index is 0.466. The average molecular weight is 146 g/mol. The highest BCUT2D eigenvalue weighted by molar-refractivity contribution is 4.61. The first-order valence-corrected chi connectivity index (χ1v) is 3.61. The third-order valence-corrected chi connectivity index (χ3v) is 1.64. The van der Waals surface area contributed by atoms with E-state index in [1.807, 2.05) is 0 Å². The number of ether oxygens (including phenoxy) is 1. The summed E-state index contributed by atoms with van der Waals surface area (Å²) in [6.07, 6.45) is 0. The van der Waals surface area contributed by atoms with Gasteiger partial charge in [-0.25, -0.2) is 0 Å². The molecule has 0 bridgehead atoms. The lowest BCUT2D eigenvalue weighted by Gasteiger charge is -2.22. The van der Waals surface area contributed by atoms with Gasteiger partial charge in [0.15, 0.2) is 0 Å². The van der Waals surface area contributed by atoms with E-state index >= 15 is 0 Å². The lowest BCUT2D eigenvalue weighted by atomic mass is 10.3. The van der Waals surface area contributed by atoms with Gasteiger partial charge in [0.25, 0.3) is 0 Å². The number of methoxy groups -OCH3 is 1. The molecule has 3 heteroatoms. The van der Waals surface area contributed by atoms with Crippen LogP contribution in [0.4, 0.5) is 0 Å². The maximum atomic E-state index is 5.38. The topological polar surface area (TPSA) is 38.5 Å². The van der Waals surface area contributed by atoms with Gasteiger partial charge in [0, 0.05) is 26.2 Å². The van der Waals surface area contributed by atoms with Gasteiger partial charge >= 0.3 is 0 Å². The molecule has 0 aliphatic carbocycles. The van der Waals surface area contributed by atoms with Gasteiger partial charge in [-0.15, -0.1) is 0 Å².